The van der Waals surface area contributed by atoms with Gasteiger partial charge < -0.3 is 13.9 Å². The number of hydrogen-bond donors (Lipinski definition) is 0. The van der Waals surface area contributed by atoms with Crippen LogP contribution in [0.15, 0.2) is 82.0 Å². The first-order valence-corrected chi connectivity index (χ1v) is 9.47. The van der Waals surface area contributed by atoms with Gasteiger partial charge in [-0.15, -0.1) is 0 Å². The molecule has 0 unspecified atom stereocenters. The summed E-state index contributed by atoms with van der Waals surface area (Å²) in [6.45, 7) is 0. The highest BCUT2D eigenvalue weighted by molar-refractivity contribution is 6.02. The summed E-state index contributed by atoms with van der Waals surface area (Å²) in [5.74, 6) is -0.904. The van der Waals surface area contributed by atoms with Crippen LogP contribution in [-0.2, 0) is 9.47 Å². The number of hydrogen-bond acceptors (Lipinski definition) is 6. The van der Waals surface area contributed by atoms with Gasteiger partial charge in [0, 0.05) is 10.9 Å². The molecule has 4 aromatic rings. The SMILES string of the molecule is COC(=O)c1ccc(-c2c(-c3ccc(C(=O)OC)cc3)c3ccccc3oc2=O)cc1. The Hall–Kier alpha value is -4.19. The summed E-state index contributed by atoms with van der Waals surface area (Å²) >= 11 is 0. The molecular weight excluding hydrogens is 396 g/mol. The zero-order valence-electron chi connectivity index (χ0n) is 16.9. The molecule has 0 spiro atoms. The monoisotopic (exact) mass is 414 g/mol. The highest BCUT2D eigenvalue weighted by Crippen LogP contribution is 2.36. The van der Waals surface area contributed by atoms with Crippen molar-refractivity contribution in [3.05, 3.63) is 94.3 Å². The third-order valence-electron chi connectivity index (χ3n) is 5.00. The van der Waals surface area contributed by atoms with Gasteiger partial charge in [-0.2, -0.15) is 0 Å². The van der Waals surface area contributed by atoms with Crippen molar-refractivity contribution in [3.63, 3.8) is 0 Å². The summed E-state index contributed by atoms with van der Waals surface area (Å²) in [7, 11) is 2.63. The molecule has 0 bridgehead atoms. The lowest BCUT2D eigenvalue weighted by Crippen LogP contribution is -2.07. The van der Waals surface area contributed by atoms with Gasteiger partial charge in [-0.3, -0.25) is 0 Å². The van der Waals surface area contributed by atoms with Gasteiger partial charge in [-0.25, -0.2) is 14.4 Å². The quantitative estimate of drug-likeness (QED) is 0.356. The highest BCUT2D eigenvalue weighted by Gasteiger charge is 2.19. The molecule has 0 N–H and O–H groups in total. The molecule has 1 aromatic heterocycles. The molecular formula is C25H18O6. The van der Waals surface area contributed by atoms with E-state index in [4.69, 9.17) is 13.9 Å². The average Bonchev–Trinajstić information content (AvgIpc) is 2.82. The van der Waals surface area contributed by atoms with Crippen LogP contribution in [0.5, 0.6) is 0 Å². The van der Waals surface area contributed by atoms with Crippen LogP contribution in [0, 0.1) is 0 Å². The zero-order valence-corrected chi connectivity index (χ0v) is 16.9. The first kappa shape index (κ1) is 20.1. The van der Waals surface area contributed by atoms with E-state index < -0.39 is 17.6 Å². The molecule has 0 aliphatic heterocycles. The summed E-state index contributed by atoms with van der Waals surface area (Å²) in [5, 5.41) is 0.750. The number of fused-ring (bicyclic) bond motifs is 1. The van der Waals surface area contributed by atoms with Crippen molar-refractivity contribution < 1.29 is 23.5 Å². The van der Waals surface area contributed by atoms with Gasteiger partial charge in [0.15, 0.2) is 0 Å². The van der Waals surface area contributed by atoms with Crippen molar-refractivity contribution in [3.8, 4) is 22.3 Å². The molecule has 0 saturated heterocycles. The first-order valence-electron chi connectivity index (χ1n) is 9.47. The lowest BCUT2D eigenvalue weighted by atomic mass is 9.92. The number of ether oxygens (including phenoxy) is 2. The van der Waals surface area contributed by atoms with Crippen molar-refractivity contribution in [2.24, 2.45) is 0 Å². The maximum Gasteiger partial charge on any atom is 0.344 e. The van der Waals surface area contributed by atoms with Gasteiger partial charge in [0.05, 0.1) is 30.9 Å². The minimum absolute atomic E-state index is 0.362. The Balaban J connectivity index is 1.96. The summed E-state index contributed by atoms with van der Waals surface area (Å²) in [6.07, 6.45) is 0. The molecule has 6 heteroatoms. The van der Waals surface area contributed by atoms with Gasteiger partial charge in [0.25, 0.3) is 0 Å². The van der Waals surface area contributed by atoms with Crippen LogP contribution in [0.4, 0.5) is 0 Å². The van der Waals surface area contributed by atoms with Crippen LogP contribution >= 0.6 is 0 Å². The van der Waals surface area contributed by atoms with E-state index in [9.17, 15) is 14.4 Å². The van der Waals surface area contributed by atoms with Gasteiger partial charge in [-0.1, -0.05) is 42.5 Å². The topological polar surface area (TPSA) is 82.8 Å². The normalized spacial score (nSPS) is 10.6. The Kier molecular flexibility index (Phi) is 5.37. The smallest absolute Gasteiger partial charge is 0.344 e. The van der Waals surface area contributed by atoms with Crippen LogP contribution in [0.1, 0.15) is 20.7 Å². The molecule has 1 heterocycles. The molecule has 6 nitrogen and oxygen atoms in total. The predicted molar refractivity (Wildman–Crippen MR) is 116 cm³/mol. The minimum atomic E-state index is -0.503. The lowest BCUT2D eigenvalue weighted by Gasteiger charge is -2.13. The van der Waals surface area contributed by atoms with Gasteiger partial charge >= 0.3 is 17.6 Å². The van der Waals surface area contributed by atoms with E-state index >= 15 is 0 Å². The predicted octanol–water partition coefficient (Wildman–Crippen LogP) is 4.70. The van der Waals surface area contributed by atoms with Crippen molar-refractivity contribution in [1.29, 1.82) is 0 Å². The van der Waals surface area contributed by atoms with Crippen molar-refractivity contribution in [2.75, 3.05) is 14.2 Å². The van der Waals surface area contributed by atoms with E-state index in [-0.39, 0.29) is 0 Å². The molecule has 154 valence electrons. The number of carbonyl (C=O) groups excluding carboxylic acids is 2. The van der Waals surface area contributed by atoms with E-state index in [0.29, 0.717) is 33.4 Å². The fourth-order valence-corrected chi connectivity index (χ4v) is 3.49. The number of rotatable bonds is 4. The summed E-state index contributed by atoms with van der Waals surface area (Å²) in [5.41, 5.74) is 3.10. The number of benzene rings is 3. The van der Waals surface area contributed by atoms with Crippen LogP contribution in [-0.4, -0.2) is 26.2 Å². The third kappa shape index (κ3) is 3.71. The molecule has 0 fully saturated rings. The van der Waals surface area contributed by atoms with Crippen molar-refractivity contribution >= 4 is 22.9 Å². The largest absolute Gasteiger partial charge is 0.465 e. The average molecular weight is 414 g/mol. The van der Waals surface area contributed by atoms with Crippen molar-refractivity contribution in [2.45, 2.75) is 0 Å². The Morgan fingerprint density at radius 1 is 0.677 bits per heavy atom. The molecule has 31 heavy (non-hydrogen) atoms. The van der Waals surface area contributed by atoms with E-state index in [0.717, 1.165) is 10.9 Å². The minimum Gasteiger partial charge on any atom is -0.465 e. The lowest BCUT2D eigenvalue weighted by molar-refractivity contribution is 0.0592. The summed E-state index contributed by atoms with van der Waals surface area (Å²) in [6, 6.07) is 20.6. The molecule has 0 aliphatic carbocycles. The van der Waals surface area contributed by atoms with Crippen LogP contribution in [0.25, 0.3) is 33.2 Å². The van der Waals surface area contributed by atoms with Gasteiger partial charge in [0.2, 0.25) is 0 Å². The van der Waals surface area contributed by atoms with Gasteiger partial charge in [0.1, 0.15) is 5.58 Å². The Morgan fingerprint density at radius 3 is 1.68 bits per heavy atom. The molecule has 0 amide bonds. The highest BCUT2D eigenvalue weighted by atomic mass is 16.5. The van der Waals surface area contributed by atoms with Crippen LogP contribution in [0.2, 0.25) is 0 Å². The molecule has 0 saturated carbocycles. The van der Waals surface area contributed by atoms with E-state index in [2.05, 4.69) is 0 Å². The van der Waals surface area contributed by atoms with E-state index in [1.165, 1.54) is 14.2 Å². The molecule has 4 rings (SSSR count). The Bertz CT molecular complexity index is 1330. The maximum absolute atomic E-state index is 13.0. The number of methoxy groups -OCH3 is 2. The van der Waals surface area contributed by atoms with Gasteiger partial charge in [-0.05, 0) is 41.5 Å². The Labute approximate surface area is 177 Å². The second-order valence-electron chi connectivity index (χ2n) is 6.77. The third-order valence-corrected chi connectivity index (χ3v) is 5.00. The van der Waals surface area contributed by atoms with Crippen LogP contribution in [0.3, 0.4) is 0 Å². The molecule has 3 aromatic carbocycles. The molecule has 0 atom stereocenters. The molecule has 0 radical (unpaired) electrons. The summed E-state index contributed by atoms with van der Waals surface area (Å²) < 4.78 is 15.1. The first-order chi connectivity index (χ1) is 15.0. The Morgan fingerprint density at radius 2 is 1.16 bits per heavy atom. The summed E-state index contributed by atoms with van der Waals surface area (Å²) in [4.78, 5) is 36.6. The number of esters is 2. The fourth-order valence-electron chi connectivity index (χ4n) is 3.49. The number of carbonyl (C=O) groups is 2. The molecule has 0 aliphatic rings. The zero-order chi connectivity index (χ0) is 22.0. The number of para-hydroxylation sites is 1. The second-order valence-corrected chi connectivity index (χ2v) is 6.77. The van der Waals surface area contributed by atoms with E-state index in [1.54, 1.807) is 60.7 Å². The fraction of sp³-hybridized carbons (Fsp3) is 0.0800. The maximum atomic E-state index is 13.0. The second kappa shape index (κ2) is 8.28. The standard InChI is InChI=1S/C25H18O6/c1-29-23(26)17-11-7-15(8-12-17)21-19-5-3-4-6-20(19)31-25(28)22(21)16-9-13-18(14-10-16)24(27)30-2/h3-14H,1-2H3. The van der Waals surface area contributed by atoms with Crippen molar-refractivity contribution in [1.82, 2.24) is 0 Å². The van der Waals surface area contributed by atoms with E-state index in [1.807, 2.05) is 12.1 Å². The van der Waals surface area contributed by atoms with Crippen LogP contribution < -0.4 is 5.63 Å².